The molecular weight excluding hydrogens is 172 g/mol. The number of rotatable bonds is 2. The molecule has 1 saturated heterocycles. The first-order valence-electron chi connectivity index (χ1n) is 4.07. The van der Waals surface area contributed by atoms with Crippen LogP contribution < -0.4 is 5.32 Å². The predicted molar refractivity (Wildman–Crippen MR) is 43.3 cm³/mol. The van der Waals surface area contributed by atoms with Crippen LogP contribution in [0.4, 0.5) is 0 Å². The monoisotopic (exact) mass is 182 g/mol. The average Bonchev–Trinajstić information content (AvgIpc) is 2.43. The van der Waals surface area contributed by atoms with Gasteiger partial charge in [-0.15, -0.1) is 0 Å². The van der Waals surface area contributed by atoms with Crippen molar-refractivity contribution in [3.8, 4) is 0 Å². The van der Waals surface area contributed by atoms with E-state index in [1.807, 2.05) is 0 Å². The van der Waals surface area contributed by atoms with Gasteiger partial charge in [0.2, 0.25) is 0 Å². The molecule has 1 aliphatic rings. The summed E-state index contributed by atoms with van der Waals surface area (Å²) in [4.78, 5) is 11.5. The second-order valence-electron chi connectivity index (χ2n) is 3.00. The van der Waals surface area contributed by atoms with E-state index < -0.39 is 0 Å². The van der Waals surface area contributed by atoms with Crippen molar-refractivity contribution in [2.24, 2.45) is 0 Å². The van der Waals surface area contributed by atoms with E-state index in [0.29, 0.717) is 24.5 Å². The molecule has 5 heteroatoms. The summed E-state index contributed by atoms with van der Waals surface area (Å²) in [5, 5.41) is 6.32. The summed E-state index contributed by atoms with van der Waals surface area (Å²) in [6, 6.07) is 0.141. The van der Waals surface area contributed by atoms with Crippen LogP contribution >= 0.6 is 0 Å². The number of nitrogens with zero attached hydrogens (tertiary/aromatic N) is 1. The van der Waals surface area contributed by atoms with Crippen molar-refractivity contribution in [1.29, 1.82) is 0 Å². The number of hydrogen-bond acceptors (Lipinski definition) is 4. The van der Waals surface area contributed by atoms with Gasteiger partial charge in [-0.05, 0) is 6.92 Å². The lowest BCUT2D eigenvalue weighted by molar-refractivity contribution is -0.00348. The minimum atomic E-state index is -0.146. The summed E-state index contributed by atoms with van der Waals surface area (Å²) in [7, 11) is 0. The van der Waals surface area contributed by atoms with E-state index in [2.05, 4.69) is 10.5 Å². The standard InChI is InChI=1S/C8H10N2O3/c1-5-7(2-9-13-5)8(11)10-6-3-12-4-6/h2,6H,3-4H2,1H3,(H,10,11). The Balaban J connectivity index is 2.00. The topological polar surface area (TPSA) is 64.4 Å². The number of hydrogen-bond donors (Lipinski definition) is 1. The van der Waals surface area contributed by atoms with Crippen LogP contribution in [0.1, 0.15) is 16.1 Å². The summed E-state index contributed by atoms with van der Waals surface area (Å²) in [5.74, 6) is 0.393. The summed E-state index contributed by atoms with van der Waals surface area (Å²) >= 11 is 0. The number of carbonyl (C=O) groups is 1. The molecule has 0 unspecified atom stereocenters. The first kappa shape index (κ1) is 8.25. The van der Waals surface area contributed by atoms with Crippen molar-refractivity contribution in [2.75, 3.05) is 13.2 Å². The smallest absolute Gasteiger partial charge is 0.256 e. The molecule has 1 amide bonds. The van der Waals surface area contributed by atoms with Gasteiger partial charge < -0.3 is 14.6 Å². The van der Waals surface area contributed by atoms with Crippen molar-refractivity contribution in [3.63, 3.8) is 0 Å². The lowest BCUT2D eigenvalue weighted by Crippen LogP contribution is -2.48. The molecule has 1 fully saturated rings. The molecule has 13 heavy (non-hydrogen) atoms. The molecule has 0 radical (unpaired) electrons. The van der Waals surface area contributed by atoms with Crippen LogP contribution in [0.2, 0.25) is 0 Å². The minimum absolute atomic E-state index is 0.141. The summed E-state index contributed by atoms with van der Waals surface area (Å²) < 4.78 is 9.71. The minimum Gasteiger partial charge on any atom is -0.377 e. The van der Waals surface area contributed by atoms with Crippen molar-refractivity contribution < 1.29 is 14.1 Å². The first-order chi connectivity index (χ1) is 6.27. The van der Waals surface area contributed by atoms with E-state index in [-0.39, 0.29) is 11.9 Å². The maximum atomic E-state index is 11.5. The third-order valence-corrected chi connectivity index (χ3v) is 1.97. The lowest BCUT2D eigenvalue weighted by atomic mass is 10.2. The largest absolute Gasteiger partial charge is 0.377 e. The van der Waals surface area contributed by atoms with Gasteiger partial charge >= 0.3 is 0 Å². The van der Waals surface area contributed by atoms with Crippen LogP contribution in [0, 0.1) is 6.92 Å². The zero-order valence-corrected chi connectivity index (χ0v) is 7.24. The molecule has 0 aromatic carbocycles. The summed E-state index contributed by atoms with van der Waals surface area (Å²) in [6.07, 6.45) is 1.42. The van der Waals surface area contributed by atoms with E-state index in [1.54, 1.807) is 6.92 Å². The molecule has 1 N–H and O–H groups in total. The van der Waals surface area contributed by atoms with Gasteiger partial charge in [-0.2, -0.15) is 0 Å². The molecule has 0 aliphatic carbocycles. The molecule has 5 nitrogen and oxygen atoms in total. The van der Waals surface area contributed by atoms with E-state index in [0.717, 1.165) is 0 Å². The molecular formula is C8H10N2O3. The SMILES string of the molecule is Cc1oncc1C(=O)NC1COC1. The molecule has 2 heterocycles. The average molecular weight is 182 g/mol. The third kappa shape index (κ3) is 1.55. The predicted octanol–water partition coefficient (Wildman–Crippen LogP) is 0.112. The number of aryl methyl sites for hydroxylation is 1. The van der Waals surface area contributed by atoms with Gasteiger partial charge in [-0.1, -0.05) is 5.16 Å². The Hall–Kier alpha value is -1.36. The lowest BCUT2D eigenvalue weighted by Gasteiger charge is -2.26. The molecule has 2 rings (SSSR count). The van der Waals surface area contributed by atoms with Gasteiger partial charge in [0.25, 0.3) is 5.91 Å². The Bertz CT molecular complexity index is 317. The van der Waals surface area contributed by atoms with E-state index >= 15 is 0 Å². The van der Waals surface area contributed by atoms with Crippen molar-refractivity contribution in [1.82, 2.24) is 10.5 Å². The van der Waals surface area contributed by atoms with Crippen LogP contribution in [0.5, 0.6) is 0 Å². The van der Waals surface area contributed by atoms with Crippen LogP contribution in [0.3, 0.4) is 0 Å². The van der Waals surface area contributed by atoms with Crippen molar-refractivity contribution in [2.45, 2.75) is 13.0 Å². The highest BCUT2D eigenvalue weighted by atomic mass is 16.5. The maximum absolute atomic E-state index is 11.5. The second-order valence-corrected chi connectivity index (χ2v) is 3.00. The van der Waals surface area contributed by atoms with Crippen molar-refractivity contribution in [3.05, 3.63) is 17.5 Å². The van der Waals surface area contributed by atoms with Gasteiger partial charge in [-0.25, -0.2) is 0 Å². The molecule has 0 saturated carbocycles. The Morgan fingerprint density at radius 3 is 2.92 bits per heavy atom. The summed E-state index contributed by atoms with van der Waals surface area (Å²) in [6.45, 7) is 2.89. The molecule has 0 atom stereocenters. The zero-order chi connectivity index (χ0) is 9.26. The van der Waals surface area contributed by atoms with Crippen molar-refractivity contribution >= 4 is 5.91 Å². The fourth-order valence-electron chi connectivity index (χ4n) is 1.10. The second kappa shape index (κ2) is 3.18. The van der Waals surface area contributed by atoms with Crippen LogP contribution in [-0.4, -0.2) is 30.3 Å². The van der Waals surface area contributed by atoms with Crippen LogP contribution in [0.25, 0.3) is 0 Å². The van der Waals surface area contributed by atoms with Gasteiger partial charge in [0.1, 0.15) is 11.3 Å². The zero-order valence-electron chi connectivity index (χ0n) is 7.24. The summed E-state index contributed by atoms with van der Waals surface area (Å²) in [5.41, 5.74) is 0.493. The number of ether oxygens (including phenoxy) is 1. The molecule has 0 bridgehead atoms. The number of carbonyl (C=O) groups excluding carboxylic acids is 1. The van der Waals surface area contributed by atoms with Gasteiger partial charge in [0.15, 0.2) is 0 Å². The fourth-order valence-corrected chi connectivity index (χ4v) is 1.10. The van der Waals surface area contributed by atoms with Crippen LogP contribution in [-0.2, 0) is 4.74 Å². The fraction of sp³-hybridized carbons (Fsp3) is 0.500. The van der Waals surface area contributed by atoms with Gasteiger partial charge in [-0.3, -0.25) is 4.79 Å². The molecule has 0 spiro atoms. The van der Waals surface area contributed by atoms with Gasteiger partial charge in [0, 0.05) is 0 Å². The van der Waals surface area contributed by atoms with E-state index in [9.17, 15) is 4.79 Å². The Morgan fingerprint density at radius 2 is 2.46 bits per heavy atom. The number of amides is 1. The molecule has 1 aromatic heterocycles. The van der Waals surface area contributed by atoms with E-state index in [1.165, 1.54) is 6.20 Å². The number of nitrogens with one attached hydrogen (secondary N) is 1. The molecule has 1 aromatic rings. The molecule has 1 aliphatic heterocycles. The molecule has 70 valence electrons. The third-order valence-electron chi connectivity index (χ3n) is 1.97. The van der Waals surface area contributed by atoms with Crippen LogP contribution in [0.15, 0.2) is 10.7 Å². The Morgan fingerprint density at radius 1 is 1.69 bits per heavy atom. The Kier molecular flexibility index (Phi) is 2.02. The highest BCUT2D eigenvalue weighted by Gasteiger charge is 2.22. The number of aromatic nitrogens is 1. The quantitative estimate of drug-likeness (QED) is 0.705. The normalized spacial score (nSPS) is 16.7. The van der Waals surface area contributed by atoms with E-state index in [4.69, 9.17) is 9.26 Å². The highest BCUT2D eigenvalue weighted by Crippen LogP contribution is 2.07. The van der Waals surface area contributed by atoms with Gasteiger partial charge in [0.05, 0.1) is 25.5 Å². The maximum Gasteiger partial charge on any atom is 0.256 e. The highest BCUT2D eigenvalue weighted by molar-refractivity contribution is 5.94. The Labute approximate surface area is 75.0 Å². The first-order valence-corrected chi connectivity index (χ1v) is 4.07.